The summed E-state index contributed by atoms with van der Waals surface area (Å²) in [5.41, 5.74) is 1.46. The molecule has 24 heavy (non-hydrogen) atoms. The molecule has 2 aromatic rings. The highest BCUT2D eigenvalue weighted by molar-refractivity contribution is 5.94. The molecule has 124 valence electrons. The quantitative estimate of drug-likeness (QED) is 0.759. The summed E-state index contributed by atoms with van der Waals surface area (Å²) in [7, 11) is 4.39. The number of rotatable bonds is 6. The van der Waals surface area contributed by atoms with Crippen molar-refractivity contribution in [2.45, 2.75) is 6.61 Å². The van der Waals surface area contributed by atoms with E-state index < -0.39 is 5.97 Å². The zero-order valence-corrected chi connectivity index (χ0v) is 13.7. The van der Waals surface area contributed by atoms with E-state index in [2.05, 4.69) is 0 Å². The molecular weight excluding hydrogens is 310 g/mol. The number of nitrogens with zero attached hydrogens (tertiary/aromatic N) is 1. The highest BCUT2D eigenvalue weighted by Crippen LogP contribution is 2.40. The van der Waals surface area contributed by atoms with Gasteiger partial charge >= 0.3 is 5.97 Å². The Morgan fingerprint density at radius 3 is 2.42 bits per heavy atom. The van der Waals surface area contributed by atoms with Crippen LogP contribution < -0.4 is 14.2 Å². The van der Waals surface area contributed by atoms with Gasteiger partial charge in [-0.15, -0.1) is 0 Å². The Kier molecular flexibility index (Phi) is 5.63. The van der Waals surface area contributed by atoms with E-state index in [9.17, 15) is 4.79 Å². The van der Waals surface area contributed by atoms with Gasteiger partial charge in [-0.3, -0.25) is 0 Å². The number of benzene rings is 2. The topological polar surface area (TPSA) is 77.8 Å². The van der Waals surface area contributed by atoms with Gasteiger partial charge < -0.3 is 18.9 Å². The molecule has 2 rings (SSSR count). The summed E-state index contributed by atoms with van der Waals surface area (Å²) in [4.78, 5) is 12.4. The Labute approximate surface area is 140 Å². The van der Waals surface area contributed by atoms with E-state index in [1.807, 2.05) is 6.07 Å². The minimum Gasteiger partial charge on any atom is -0.493 e. The van der Waals surface area contributed by atoms with Crippen molar-refractivity contribution in [3.05, 3.63) is 53.1 Å². The summed E-state index contributed by atoms with van der Waals surface area (Å²) in [5.74, 6) is 0.455. The van der Waals surface area contributed by atoms with E-state index in [-0.39, 0.29) is 17.9 Å². The number of carbonyl (C=O) groups excluding carboxylic acids is 1. The molecule has 0 aliphatic heterocycles. The molecule has 0 unspecified atom stereocenters. The fourth-order valence-corrected chi connectivity index (χ4v) is 2.22. The molecular formula is C18H17NO5. The van der Waals surface area contributed by atoms with Crippen LogP contribution in [0.4, 0.5) is 0 Å². The summed E-state index contributed by atoms with van der Waals surface area (Å²) in [6.07, 6.45) is 0. The average Bonchev–Trinajstić information content (AvgIpc) is 2.64. The Morgan fingerprint density at radius 2 is 1.79 bits per heavy atom. The first-order valence-corrected chi connectivity index (χ1v) is 7.09. The normalized spacial score (nSPS) is 9.75. The summed E-state index contributed by atoms with van der Waals surface area (Å²) in [6, 6.07) is 12.1. The number of methoxy groups -OCH3 is 3. The van der Waals surface area contributed by atoms with Crippen molar-refractivity contribution in [2.75, 3.05) is 21.3 Å². The molecule has 0 aromatic heterocycles. The Hall–Kier alpha value is -3.20. The first-order valence-electron chi connectivity index (χ1n) is 7.09. The predicted molar refractivity (Wildman–Crippen MR) is 86.4 cm³/mol. The van der Waals surface area contributed by atoms with E-state index in [1.54, 1.807) is 36.4 Å². The lowest BCUT2D eigenvalue weighted by Gasteiger charge is -2.15. The summed E-state index contributed by atoms with van der Waals surface area (Å²) in [5, 5.41) is 8.89. The Morgan fingerprint density at radius 1 is 1.04 bits per heavy atom. The molecule has 0 radical (unpaired) electrons. The smallest absolute Gasteiger partial charge is 0.342 e. The van der Waals surface area contributed by atoms with Gasteiger partial charge in [0.15, 0.2) is 11.5 Å². The number of nitriles is 1. The minimum absolute atomic E-state index is 0.0475. The second kappa shape index (κ2) is 7.88. The molecule has 6 heteroatoms. The first kappa shape index (κ1) is 17.2. The van der Waals surface area contributed by atoms with Gasteiger partial charge in [-0.25, -0.2) is 4.79 Å². The van der Waals surface area contributed by atoms with E-state index in [0.29, 0.717) is 17.1 Å². The number of esters is 1. The van der Waals surface area contributed by atoms with Crippen molar-refractivity contribution >= 4 is 5.97 Å². The molecule has 0 saturated heterocycles. The van der Waals surface area contributed by atoms with Crippen LogP contribution in [0.2, 0.25) is 0 Å². The van der Waals surface area contributed by atoms with Crippen LogP contribution >= 0.6 is 0 Å². The second-order valence-corrected chi connectivity index (χ2v) is 4.77. The van der Waals surface area contributed by atoms with E-state index in [4.69, 9.17) is 24.2 Å². The van der Waals surface area contributed by atoms with Gasteiger partial charge in [0.05, 0.1) is 33.0 Å². The zero-order valence-electron chi connectivity index (χ0n) is 13.7. The summed E-state index contributed by atoms with van der Waals surface area (Å²) in [6.45, 7) is 0.0475. The van der Waals surface area contributed by atoms with Crippen LogP contribution in [0.5, 0.6) is 17.2 Å². The van der Waals surface area contributed by atoms with Gasteiger partial charge in [-0.1, -0.05) is 12.1 Å². The van der Waals surface area contributed by atoms with Gasteiger partial charge in [0, 0.05) is 0 Å². The number of hydrogen-bond donors (Lipinski definition) is 0. The van der Waals surface area contributed by atoms with Crippen LogP contribution in [0.15, 0.2) is 36.4 Å². The monoisotopic (exact) mass is 327 g/mol. The maximum Gasteiger partial charge on any atom is 0.342 e. The summed E-state index contributed by atoms with van der Waals surface area (Å²) < 4.78 is 21.0. The van der Waals surface area contributed by atoms with Crippen LogP contribution in [0.25, 0.3) is 0 Å². The van der Waals surface area contributed by atoms with Crippen molar-refractivity contribution in [1.82, 2.24) is 0 Å². The van der Waals surface area contributed by atoms with Crippen LogP contribution in [0, 0.1) is 11.3 Å². The molecule has 0 atom stereocenters. The van der Waals surface area contributed by atoms with Crippen molar-refractivity contribution in [2.24, 2.45) is 0 Å². The summed E-state index contributed by atoms with van der Waals surface area (Å²) >= 11 is 0. The maximum atomic E-state index is 12.4. The molecule has 0 amide bonds. The lowest BCUT2D eigenvalue weighted by atomic mass is 10.1. The SMILES string of the molecule is COc1ccc(C(=O)OCc2cccc(C#N)c2)c(OC)c1OC. The molecule has 2 aromatic carbocycles. The van der Waals surface area contributed by atoms with Gasteiger partial charge in [0.2, 0.25) is 5.75 Å². The highest BCUT2D eigenvalue weighted by Gasteiger charge is 2.21. The third kappa shape index (κ3) is 3.58. The highest BCUT2D eigenvalue weighted by atomic mass is 16.5. The van der Waals surface area contributed by atoms with Gasteiger partial charge in [0.25, 0.3) is 0 Å². The van der Waals surface area contributed by atoms with E-state index >= 15 is 0 Å². The molecule has 0 N–H and O–H groups in total. The molecule has 6 nitrogen and oxygen atoms in total. The van der Waals surface area contributed by atoms with Gasteiger partial charge in [-0.05, 0) is 29.8 Å². The third-order valence-corrected chi connectivity index (χ3v) is 3.35. The van der Waals surface area contributed by atoms with Crippen molar-refractivity contribution in [3.8, 4) is 23.3 Å². The maximum absolute atomic E-state index is 12.4. The average molecular weight is 327 g/mol. The number of carbonyl (C=O) groups is 1. The molecule has 0 bridgehead atoms. The molecule has 0 spiro atoms. The van der Waals surface area contributed by atoms with Crippen molar-refractivity contribution < 1.29 is 23.7 Å². The van der Waals surface area contributed by atoms with Crippen LogP contribution in [0.1, 0.15) is 21.5 Å². The zero-order chi connectivity index (χ0) is 17.5. The minimum atomic E-state index is -0.560. The first-order chi connectivity index (χ1) is 11.6. The van der Waals surface area contributed by atoms with Crippen molar-refractivity contribution in [1.29, 1.82) is 5.26 Å². The van der Waals surface area contributed by atoms with E-state index in [1.165, 1.54) is 21.3 Å². The molecule has 0 saturated carbocycles. The fraction of sp³-hybridized carbons (Fsp3) is 0.222. The van der Waals surface area contributed by atoms with Crippen LogP contribution in [-0.2, 0) is 11.3 Å². The Bertz CT molecular complexity index is 779. The Balaban J connectivity index is 2.22. The number of ether oxygens (including phenoxy) is 4. The molecule has 0 aliphatic carbocycles. The van der Waals surface area contributed by atoms with Gasteiger partial charge in [-0.2, -0.15) is 5.26 Å². The molecule has 0 aliphatic rings. The van der Waals surface area contributed by atoms with Crippen molar-refractivity contribution in [3.63, 3.8) is 0 Å². The fourth-order valence-electron chi connectivity index (χ4n) is 2.22. The lowest BCUT2D eigenvalue weighted by Crippen LogP contribution is -2.08. The van der Waals surface area contributed by atoms with Crippen LogP contribution in [0.3, 0.4) is 0 Å². The largest absolute Gasteiger partial charge is 0.493 e. The standard InChI is InChI=1S/C18H17NO5/c1-21-15-8-7-14(16(22-2)17(15)23-3)18(20)24-11-13-6-4-5-12(9-13)10-19/h4-9H,11H2,1-3H3. The number of hydrogen-bond acceptors (Lipinski definition) is 6. The molecule has 0 fully saturated rings. The predicted octanol–water partition coefficient (Wildman–Crippen LogP) is 2.94. The van der Waals surface area contributed by atoms with Gasteiger partial charge in [0.1, 0.15) is 12.2 Å². The van der Waals surface area contributed by atoms with Crippen LogP contribution in [-0.4, -0.2) is 27.3 Å². The third-order valence-electron chi connectivity index (χ3n) is 3.35. The van der Waals surface area contributed by atoms with E-state index in [0.717, 1.165) is 5.56 Å². The second-order valence-electron chi connectivity index (χ2n) is 4.77. The lowest BCUT2D eigenvalue weighted by molar-refractivity contribution is 0.0468. The molecule has 0 heterocycles.